The van der Waals surface area contributed by atoms with Gasteiger partial charge in [-0.05, 0) is 42.3 Å². The zero-order valence-electron chi connectivity index (χ0n) is 16.7. The van der Waals surface area contributed by atoms with Crippen LogP contribution in [-0.2, 0) is 16.0 Å². The number of aromatic nitrogens is 2. The molecule has 0 aliphatic carbocycles. The summed E-state index contributed by atoms with van der Waals surface area (Å²) in [5.74, 6) is 0.0349. The summed E-state index contributed by atoms with van der Waals surface area (Å²) in [6.07, 6.45) is 3.77. The van der Waals surface area contributed by atoms with Gasteiger partial charge in [-0.3, -0.25) is 14.4 Å². The number of aromatic amines is 1. The molecule has 0 radical (unpaired) electrons. The van der Waals surface area contributed by atoms with Crippen molar-refractivity contribution in [2.45, 2.75) is 20.3 Å². The molecule has 0 fully saturated rings. The number of nitrogens with zero attached hydrogens (tertiary/aromatic N) is 1. The van der Waals surface area contributed by atoms with E-state index in [9.17, 15) is 14.4 Å². The van der Waals surface area contributed by atoms with Gasteiger partial charge in [0.25, 0.3) is 5.56 Å². The monoisotopic (exact) mass is 402 g/mol. The molecule has 0 atom stereocenters. The Balaban J connectivity index is 1.69. The first-order chi connectivity index (χ1) is 14.4. The average molecular weight is 402 g/mol. The average Bonchev–Trinajstić information content (AvgIpc) is 2.72. The Kier molecular flexibility index (Phi) is 6.54. The van der Waals surface area contributed by atoms with Crippen LogP contribution in [0.4, 0.5) is 11.4 Å². The van der Waals surface area contributed by atoms with Crippen LogP contribution in [0.2, 0.25) is 0 Å². The number of carbonyl (C=O) groups is 2. The lowest BCUT2D eigenvalue weighted by Gasteiger charge is -2.07. The van der Waals surface area contributed by atoms with Crippen LogP contribution in [0.15, 0.2) is 65.5 Å². The van der Waals surface area contributed by atoms with Crippen molar-refractivity contribution in [2.75, 3.05) is 10.6 Å². The van der Waals surface area contributed by atoms with E-state index in [1.165, 1.54) is 19.1 Å². The normalized spacial score (nSPS) is 10.7. The van der Waals surface area contributed by atoms with Gasteiger partial charge in [0.05, 0.1) is 0 Å². The Morgan fingerprint density at radius 1 is 1.03 bits per heavy atom. The SMILES string of the molecule is CCc1cc(=O)[nH]c(-c2cccc(NC(=O)/C=C/c3ccc(NC(C)=O)cc3)c2)n1. The van der Waals surface area contributed by atoms with E-state index in [2.05, 4.69) is 20.6 Å². The summed E-state index contributed by atoms with van der Waals surface area (Å²) in [4.78, 5) is 42.3. The van der Waals surface area contributed by atoms with E-state index >= 15 is 0 Å². The van der Waals surface area contributed by atoms with E-state index in [0.717, 1.165) is 5.56 Å². The second kappa shape index (κ2) is 9.47. The molecule has 3 aromatic rings. The molecule has 0 aliphatic rings. The van der Waals surface area contributed by atoms with Crippen molar-refractivity contribution >= 4 is 29.3 Å². The van der Waals surface area contributed by atoms with Gasteiger partial charge in [0.15, 0.2) is 0 Å². The van der Waals surface area contributed by atoms with Gasteiger partial charge < -0.3 is 15.6 Å². The first kappa shape index (κ1) is 20.7. The number of rotatable bonds is 6. The summed E-state index contributed by atoms with van der Waals surface area (Å²) < 4.78 is 0. The minimum Gasteiger partial charge on any atom is -0.326 e. The topological polar surface area (TPSA) is 104 Å². The van der Waals surface area contributed by atoms with E-state index in [4.69, 9.17) is 0 Å². The molecule has 7 heteroatoms. The molecule has 0 bridgehead atoms. The molecule has 0 unspecified atom stereocenters. The van der Waals surface area contributed by atoms with Gasteiger partial charge in [-0.1, -0.05) is 31.2 Å². The quantitative estimate of drug-likeness (QED) is 0.548. The molecule has 2 amide bonds. The molecule has 30 heavy (non-hydrogen) atoms. The Bertz CT molecular complexity index is 1150. The summed E-state index contributed by atoms with van der Waals surface area (Å²) in [5, 5.41) is 5.49. The van der Waals surface area contributed by atoms with Crippen molar-refractivity contribution in [3.05, 3.63) is 82.3 Å². The van der Waals surface area contributed by atoms with Crippen molar-refractivity contribution in [1.82, 2.24) is 9.97 Å². The molecule has 0 saturated carbocycles. The highest BCUT2D eigenvalue weighted by Gasteiger charge is 2.06. The van der Waals surface area contributed by atoms with Crippen molar-refractivity contribution in [3.8, 4) is 11.4 Å². The zero-order chi connectivity index (χ0) is 21.5. The second-order valence-corrected chi connectivity index (χ2v) is 6.65. The van der Waals surface area contributed by atoms with Crippen molar-refractivity contribution < 1.29 is 9.59 Å². The molecule has 1 heterocycles. The minimum atomic E-state index is -0.290. The number of nitrogens with one attached hydrogen (secondary N) is 3. The number of anilines is 2. The molecule has 0 aliphatic heterocycles. The van der Waals surface area contributed by atoms with Crippen LogP contribution in [0.1, 0.15) is 25.1 Å². The third-order valence-corrected chi connectivity index (χ3v) is 4.22. The summed E-state index contributed by atoms with van der Waals surface area (Å²) in [6.45, 7) is 3.38. The molecule has 152 valence electrons. The van der Waals surface area contributed by atoms with E-state index in [1.807, 2.05) is 13.0 Å². The molecule has 0 spiro atoms. The van der Waals surface area contributed by atoms with Crippen LogP contribution in [-0.4, -0.2) is 21.8 Å². The molecular formula is C23H22N4O3. The number of carbonyl (C=O) groups excluding carboxylic acids is 2. The lowest BCUT2D eigenvalue weighted by atomic mass is 10.1. The van der Waals surface area contributed by atoms with Crippen LogP contribution in [0, 0.1) is 0 Å². The van der Waals surface area contributed by atoms with Crippen LogP contribution in [0.25, 0.3) is 17.5 Å². The number of benzene rings is 2. The largest absolute Gasteiger partial charge is 0.326 e. The van der Waals surface area contributed by atoms with Crippen LogP contribution < -0.4 is 16.2 Å². The van der Waals surface area contributed by atoms with E-state index in [-0.39, 0.29) is 17.4 Å². The highest BCUT2D eigenvalue weighted by atomic mass is 16.2. The predicted octanol–water partition coefficient (Wildman–Crippen LogP) is 3.61. The van der Waals surface area contributed by atoms with Crippen molar-refractivity contribution in [3.63, 3.8) is 0 Å². The predicted molar refractivity (Wildman–Crippen MR) is 118 cm³/mol. The first-order valence-corrected chi connectivity index (χ1v) is 9.50. The standard InChI is InChI=1S/C23H22N4O3/c1-3-18-14-22(30)27-23(26-18)17-5-4-6-20(13-17)25-21(29)12-9-16-7-10-19(11-8-16)24-15(2)28/h4-14H,3H2,1-2H3,(H,24,28)(H,25,29)(H,26,27,30)/b12-9+. The molecule has 2 aromatic carbocycles. The Labute approximate surface area is 173 Å². The van der Waals surface area contributed by atoms with Gasteiger partial charge in [0, 0.05) is 41.7 Å². The Hall–Kier alpha value is -4.00. The van der Waals surface area contributed by atoms with Gasteiger partial charge in [-0.15, -0.1) is 0 Å². The maximum atomic E-state index is 12.3. The lowest BCUT2D eigenvalue weighted by molar-refractivity contribution is -0.114. The van der Waals surface area contributed by atoms with Gasteiger partial charge >= 0.3 is 0 Å². The molecule has 3 rings (SSSR count). The summed E-state index contributed by atoms with van der Waals surface area (Å²) in [5.41, 5.74) is 3.31. The summed E-state index contributed by atoms with van der Waals surface area (Å²) in [7, 11) is 0. The Morgan fingerprint density at radius 3 is 2.50 bits per heavy atom. The fourth-order valence-electron chi connectivity index (χ4n) is 2.81. The number of amides is 2. The van der Waals surface area contributed by atoms with Crippen molar-refractivity contribution in [1.29, 1.82) is 0 Å². The summed E-state index contributed by atoms with van der Waals surface area (Å²) >= 11 is 0. The maximum Gasteiger partial charge on any atom is 0.251 e. The number of hydrogen-bond donors (Lipinski definition) is 3. The third kappa shape index (κ3) is 5.75. The highest BCUT2D eigenvalue weighted by Crippen LogP contribution is 2.19. The molecule has 1 aromatic heterocycles. The van der Waals surface area contributed by atoms with Gasteiger partial charge in [0.1, 0.15) is 5.82 Å². The van der Waals surface area contributed by atoms with Gasteiger partial charge in [-0.2, -0.15) is 0 Å². The fraction of sp³-hybridized carbons (Fsp3) is 0.130. The van der Waals surface area contributed by atoms with E-state index in [1.54, 1.807) is 48.5 Å². The zero-order valence-corrected chi connectivity index (χ0v) is 16.7. The third-order valence-electron chi connectivity index (χ3n) is 4.22. The fourth-order valence-corrected chi connectivity index (χ4v) is 2.81. The van der Waals surface area contributed by atoms with E-state index < -0.39 is 0 Å². The molecule has 7 nitrogen and oxygen atoms in total. The molecule has 0 saturated heterocycles. The lowest BCUT2D eigenvalue weighted by Crippen LogP contribution is -2.10. The summed E-state index contributed by atoms with van der Waals surface area (Å²) in [6, 6.07) is 15.7. The number of aryl methyl sites for hydroxylation is 1. The van der Waals surface area contributed by atoms with Gasteiger partial charge in [0.2, 0.25) is 11.8 Å². The first-order valence-electron chi connectivity index (χ1n) is 9.50. The van der Waals surface area contributed by atoms with Crippen LogP contribution in [0.3, 0.4) is 0 Å². The molecule has 3 N–H and O–H groups in total. The highest BCUT2D eigenvalue weighted by molar-refractivity contribution is 6.02. The smallest absolute Gasteiger partial charge is 0.251 e. The van der Waals surface area contributed by atoms with Gasteiger partial charge in [-0.25, -0.2) is 4.98 Å². The second-order valence-electron chi connectivity index (χ2n) is 6.65. The number of H-pyrrole nitrogens is 1. The maximum absolute atomic E-state index is 12.3. The number of hydrogen-bond acceptors (Lipinski definition) is 4. The van der Waals surface area contributed by atoms with Crippen LogP contribution in [0.5, 0.6) is 0 Å². The van der Waals surface area contributed by atoms with E-state index in [0.29, 0.717) is 34.9 Å². The Morgan fingerprint density at radius 2 is 1.80 bits per heavy atom. The van der Waals surface area contributed by atoms with Crippen LogP contribution >= 0.6 is 0 Å². The molecular weight excluding hydrogens is 380 g/mol. The van der Waals surface area contributed by atoms with Crippen molar-refractivity contribution in [2.24, 2.45) is 0 Å². The minimum absolute atomic E-state index is 0.138.